The standard InChI is InChI=1S/C20H10ClN3O4S/c21-16-9-13(24(25)26)3-5-15(16)18-6-4-14(28-18)8-12(10-22)20-23-17(11-29-20)19-2-1-7-27-19/h1-9,11H. The summed E-state index contributed by atoms with van der Waals surface area (Å²) in [6.45, 7) is 0. The van der Waals surface area contributed by atoms with Gasteiger partial charge in [-0.25, -0.2) is 4.98 Å². The molecular formula is C20H10ClN3O4S. The zero-order valence-electron chi connectivity index (χ0n) is 14.5. The van der Waals surface area contributed by atoms with Crippen LogP contribution in [-0.2, 0) is 0 Å². The molecule has 0 aliphatic heterocycles. The second-order valence-corrected chi connectivity index (χ2v) is 7.07. The van der Waals surface area contributed by atoms with E-state index in [2.05, 4.69) is 11.1 Å². The lowest BCUT2D eigenvalue weighted by Crippen LogP contribution is -1.88. The van der Waals surface area contributed by atoms with Crippen molar-refractivity contribution in [2.24, 2.45) is 0 Å². The minimum atomic E-state index is -0.518. The average Bonchev–Trinajstić information content (AvgIpc) is 3.46. The number of nitro benzene ring substituents is 1. The van der Waals surface area contributed by atoms with Gasteiger partial charge in [0.25, 0.3) is 5.69 Å². The number of thiazole rings is 1. The number of halogens is 1. The second kappa shape index (κ2) is 7.75. The number of nitrogens with zero attached hydrogens (tertiary/aromatic N) is 3. The predicted octanol–water partition coefficient (Wildman–Crippen LogP) is 6.29. The summed E-state index contributed by atoms with van der Waals surface area (Å²) < 4.78 is 11.1. The quantitative estimate of drug-likeness (QED) is 0.212. The van der Waals surface area contributed by atoms with Crippen LogP contribution in [0.4, 0.5) is 5.69 Å². The summed E-state index contributed by atoms with van der Waals surface area (Å²) in [5.41, 5.74) is 1.40. The molecule has 4 aromatic rings. The van der Waals surface area contributed by atoms with Crippen LogP contribution in [0, 0.1) is 21.4 Å². The maximum absolute atomic E-state index is 10.8. The summed E-state index contributed by atoms with van der Waals surface area (Å²) >= 11 is 7.47. The van der Waals surface area contributed by atoms with Crippen molar-refractivity contribution in [2.45, 2.75) is 0 Å². The van der Waals surface area contributed by atoms with Crippen molar-refractivity contribution in [3.05, 3.63) is 80.0 Å². The topological polar surface area (TPSA) is 106 Å². The monoisotopic (exact) mass is 423 g/mol. The first-order valence-corrected chi connectivity index (χ1v) is 9.46. The van der Waals surface area contributed by atoms with E-state index in [1.807, 2.05) is 5.38 Å². The van der Waals surface area contributed by atoms with E-state index in [-0.39, 0.29) is 10.7 Å². The first kappa shape index (κ1) is 18.7. The lowest BCUT2D eigenvalue weighted by atomic mass is 10.1. The van der Waals surface area contributed by atoms with Crippen LogP contribution in [0.3, 0.4) is 0 Å². The van der Waals surface area contributed by atoms with Gasteiger partial charge in [0, 0.05) is 29.2 Å². The number of non-ortho nitro benzene ring substituents is 1. The summed E-state index contributed by atoms with van der Waals surface area (Å²) in [5, 5.41) is 22.9. The number of allylic oxidation sites excluding steroid dienone is 1. The number of nitriles is 1. The molecule has 0 unspecified atom stereocenters. The molecule has 142 valence electrons. The summed E-state index contributed by atoms with van der Waals surface area (Å²) in [6, 6.07) is 13.2. The molecule has 0 N–H and O–H groups in total. The van der Waals surface area contributed by atoms with Crippen LogP contribution in [-0.4, -0.2) is 9.91 Å². The van der Waals surface area contributed by atoms with Gasteiger partial charge >= 0.3 is 0 Å². The third kappa shape index (κ3) is 3.82. The molecule has 0 aliphatic rings. The smallest absolute Gasteiger partial charge is 0.270 e. The van der Waals surface area contributed by atoms with Crippen LogP contribution in [0.25, 0.3) is 34.4 Å². The lowest BCUT2D eigenvalue weighted by Gasteiger charge is -2.00. The summed E-state index contributed by atoms with van der Waals surface area (Å²) in [7, 11) is 0. The molecule has 0 fully saturated rings. The number of hydrogen-bond acceptors (Lipinski definition) is 7. The fourth-order valence-electron chi connectivity index (χ4n) is 2.61. The molecule has 0 spiro atoms. The lowest BCUT2D eigenvalue weighted by molar-refractivity contribution is -0.384. The van der Waals surface area contributed by atoms with Crippen LogP contribution in [0.1, 0.15) is 10.8 Å². The van der Waals surface area contributed by atoms with E-state index in [0.29, 0.717) is 39.1 Å². The number of aromatic nitrogens is 1. The molecule has 7 nitrogen and oxygen atoms in total. The number of furan rings is 2. The molecule has 0 radical (unpaired) electrons. The molecule has 29 heavy (non-hydrogen) atoms. The van der Waals surface area contributed by atoms with E-state index >= 15 is 0 Å². The third-order valence-corrected chi connectivity index (χ3v) is 5.16. The maximum atomic E-state index is 10.8. The summed E-state index contributed by atoms with van der Waals surface area (Å²) in [5.74, 6) is 1.49. The van der Waals surface area contributed by atoms with Gasteiger partial charge in [0.1, 0.15) is 28.3 Å². The van der Waals surface area contributed by atoms with E-state index in [9.17, 15) is 15.4 Å². The average molecular weight is 424 g/mol. The van der Waals surface area contributed by atoms with Crippen molar-refractivity contribution in [1.29, 1.82) is 5.26 Å². The van der Waals surface area contributed by atoms with Crippen molar-refractivity contribution in [3.8, 4) is 28.8 Å². The Morgan fingerprint density at radius 3 is 2.83 bits per heavy atom. The van der Waals surface area contributed by atoms with E-state index < -0.39 is 4.92 Å². The molecule has 0 saturated carbocycles. The summed E-state index contributed by atoms with van der Waals surface area (Å²) in [4.78, 5) is 14.8. The highest BCUT2D eigenvalue weighted by atomic mass is 35.5. The van der Waals surface area contributed by atoms with E-state index in [4.69, 9.17) is 20.4 Å². The molecule has 0 atom stereocenters. The SMILES string of the molecule is N#CC(=Cc1ccc(-c2ccc([N+](=O)[O-])cc2Cl)o1)c1nc(-c2ccco2)cs1. The zero-order valence-corrected chi connectivity index (χ0v) is 16.1. The van der Waals surface area contributed by atoms with Gasteiger partial charge in [0.05, 0.1) is 21.8 Å². The first-order chi connectivity index (χ1) is 14.0. The van der Waals surface area contributed by atoms with Crippen LogP contribution in [0.15, 0.2) is 62.9 Å². The molecule has 4 rings (SSSR count). The van der Waals surface area contributed by atoms with Gasteiger partial charge in [-0.1, -0.05) is 11.6 Å². The van der Waals surface area contributed by atoms with E-state index in [1.54, 1.807) is 36.6 Å². The molecule has 0 amide bonds. The highest BCUT2D eigenvalue weighted by Gasteiger charge is 2.15. The first-order valence-electron chi connectivity index (χ1n) is 8.21. The van der Waals surface area contributed by atoms with Crippen molar-refractivity contribution in [1.82, 2.24) is 4.98 Å². The molecule has 3 heterocycles. The fraction of sp³-hybridized carbons (Fsp3) is 0. The predicted molar refractivity (Wildman–Crippen MR) is 109 cm³/mol. The van der Waals surface area contributed by atoms with Crippen molar-refractivity contribution >= 4 is 40.3 Å². The van der Waals surface area contributed by atoms with Gasteiger partial charge in [-0.05, 0) is 30.3 Å². The molecule has 9 heteroatoms. The Balaban J connectivity index is 1.63. The van der Waals surface area contributed by atoms with Crippen molar-refractivity contribution in [2.75, 3.05) is 0 Å². The van der Waals surface area contributed by atoms with Crippen LogP contribution in [0.2, 0.25) is 5.02 Å². The van der Waals surface area contributed by atoms with Crippen LogP contribution >= 0.6 is 22.9 Å². The van der Waals surface area contributed by atoms with Gasteiger partial charge < -0.3 is 8.83 Å². The van der Waals surface area contributed by atoms with Crippen molar-refractivity contribution < 1.29 is 13.8 Å². The molecule has 0 bridgehead atoms. The number of hydrogen-bond donors (Lipinski definition) is 0. The largest absolute Gasteiger partial charge is 0.463 e. The maximum Gasteiger partial charge on any atom is 0.270 e. The second-order valence-electron chi connectivity index (χ2n) is 5.81. The fourth-order valence-corrected chi connectivity index (χ4v) is 3.65. The Hall–Kier alpha value is -3.67. The van der Waals surface area contributed by atoms with Gasteiger partial charge in [-0.2, -0.15) is 5.26 Å². The Bertz CT molecular complexity index is 1270. The van der Waals surface area contributed by atoms with E-state index in [0.717, 1.165) is 0 Å². The molecular weight excluding hydrogens is 414 g/mol. The van der Waals surface area contributed by atoms with Crippen LogP contribution in [0.5, 0.6) is 0 Å². The van der Waals surface area contributed by atoms with E-state index in [1.165, 1.54) is 29.5 Å². The summed E-state index contributed by atoms with van der Waals surface area (Å²) in [6.07, 6.45) is 3.14. The molecule has 0 saturated heterocycles. The molecule has 0 aliphatic carbocycles. The van der Waals surface area contributed by atoms with Gasteiger partial charge in [-0.15, -0.1) is 11.3 Å². The number of rotatable bonds is 5. The number of nitro groups is 1. The zero-order chi connectivity index (χ0) is 20.4. The minimum absolute atomic E-state index is 0.103. The Morgan fingerprint density at radius 1 is 1.28 bits per heavy atom. The van der Waals surface area contributed by atoms with Gasteiger partial charge in [0.15, 0.2) is 5.76 Å². The highest BCUT2D eigenvalue weighted by molar-refractivity contribution is 7.11. The molecule has 1 aromatic carbocycles. The van der Waals surface area contributed by atoms with Gasteiger partial charge in [-0.3, -0.25) is 10.1 Å². The normalized spacial score (nSPS) is 11.4. The Labute approximate surface area is 173 Å². The minimum Gasteiger partial charge on any atom is -0.463 e. The van der Waals surface area contributed by atoms with Crippen molar-refractivity contribution in [3.63, 3.8) is 0 Å². The third-order valence-electron chi connectivity index (χ3n) is 3.97. The Morgan fingerprint density at radius 2 is 2.14 bits per heavy atom. The number of benzene rings is 1. The van der Waals surface area contributed by atoms with Crippen LogP contribution < -0.4 is 0 Å². The highest BCUT2D eigenvalue weighted by Crippen LogP contribution is 2.33. The molecule has 3 aromatic heterocycles. The Kier molecular flexibility index (Phi) is 4.99. The van der Waals surface area contributed by atoms with Gasteiger partial charge in [0.2, 0.25) is 0 Å².